The molecule has 1 atom stereocenters. The molecule has 1 aromatic rings. The number of hydrogen-bond donors (Lipinski definition) is 1. The Labute approximate surface area is 110 Å². The summed E-state index contributed by atoms with van der Waals surface area (Å²) in [5, 5.41) is 0. The van der Waals surface area contributed by atoms with Gasteiger partial charge < -0.3 is 10.6 Å². The molecule has 0 fully saturated rings. The molecule has 0 spiro atoms. The Hall–Kier alpha value is -0.770. The summed E-state index contributed by atoms with van der Waals surface area (Å²) in [6.45, 7) is 6.06. The molecule has 1 aromatic carbocycles. The summed E-state index contributed by atoms with van der Waals surface area (Å²) in [6.07, 6.45) is 0. The van der Waals surface area contributed by atoms with Crippen molar-refractivity contribution < 1.29 is 0 Å². The van der Waals surface area contributed by atoms with Gasteiger partial charge in [0.15, 0.2) is 0 Å². The van der Waals surface area contributed by atoms with Gasteiger partial charge in [0, 0.05) is 45.0 Å². The third-order valence-electron chi connectivity index (χ3n) is 3.35. The molecule has 3 nitrogen and oxygen atoms in total. The van der Waals surface area contributed by atoms with Crippen molar-refractivity contribution in [3.05, 3.63) is 29.8 Å². The molecule has 0 bridgehead atoms. The maximum atomic E-state index is 5.67. The van der Waals surface area contributed by atoms with Crippen molar-refractivity contribution in [3.63, 3.8) is 0 Å². The van der Waals surface area contributed by atoms with Gasteiger partial charge in [0.05, 0.1) is 0 Å². The van der Waals surface area contributed by atoms with E-state index < -0.39 is 0 Å². The zero-order valence-electron chi connectivity index (χ0n) is 10.6. The number of rotatable bonds is 2. The average molecular weight is 256 g/mol. The van der Waals surface area contributed by atoms with Gasteiger partial charge in [-0.2, -0.15) is 0 Å². The van der Waals surface area contributed by atoms with E-state index >= 15 is 0 Å². The number of hydrogen-bond acceptors (Lipinski definition) is 3. The van der Waals surface area contributed by atoms with Crippen LogP contribution in [0.15, 0.2) is 24.3 Å². The van der Waals surface area contributed by atoms with E-state index in [9.17, 15) is 0 Å². The quantitative estimate of drug-likeness (QED) is 0.873. The molecule has 2 N–H and O–H groups in total. The molecule has 0 aliphatic carbocycles. The molecular weight excluding hydrogens is 234 g/mol. The van der Waals surface area contributed by atoms with Crippen LogP contribution in [-0.2, 0) is 6.54 Å². The monoisotopic (exact) mass is 255 g/mol. The Bertz CT molecular complexity index is 356. The van der Waals surface area contributed by atoms with Crippen LogP contribution in [0.25, 0.3) is 0 Å². The molecule has 1 unspecified atom stereocenters. The summed E-state index contributed by atoms with van der Waals surface area (Å²) >= 11 is 0. The highest BCUT2D eigenvalue weighted by atomic mass is 35.5. The molecule has 1 heterocycles. The molecule has 0 amide bonds. The Morgan fingerprint density at radius 1 is 1.35 bits per heavy atom. The third-order valence-corrected chi connectivity index (χ3v) is 3.35. The molecule has 0 aromatic heterocycles. The Kier molecular flexibility index (Phi) is 5.25. The van der Waals surface area contributed by atoms with Crippen LogP contribution >= 0.6 is 12.4 Å². The molecule has 4 heteroatoms. The molecule has 0 saturated carbocycles. The first-order valence-corrected chi connectivity index (χ1v) is 5.95. The number of fused-ring (bicyclic) bond motifs is 1. The van der Waals surface area contributed by atoms with E-state index in [2.05, 4.69) is 48.0 Å². The minimum absolute atomic E-state index is 0. The fraction of sp³-hybridized carbons (Fsp3) is 0.538. The minimum atomic E-state index is 0. The second kappa shape index (κ2) is 6.24. The molecule has 0 radical (unpaired) electrons. The van der Waals surface area contributed by atoms with Gasteiger partial charge in [-0.15, -0.1) is 12.4 Å². The first kappa shape index (κ1) is 14.3. The van der Waals surface area contributed by atoms with E-state index in [0.29, 0.717) is 6.04 Å². The fourth-order valence-electron chi connectivity index (χ4n) is 2.47. The van der Waals surface area contributed by atoms with E-state index in [1.165, 1.54) is 11.3 Å². The van der Waals surface area contributed by atoms with Gasteiger partial charge >= 0.3 is 0 Å². The first-order valence-electron chi connectivity index (χ1n) is 5.95. The zero-order chi connectivity index (χ0) is 11.5. The van der Waals surface area contributed by atoms with Gasteiger partial charge in [-0.05, 0) is 18.6 Å². The van der Waals surface area contributed by atoms with E-state index in [1.807, 2.05) is 0 Å². The summed E-state index contributed by atoms with van der Waals surface area (Å²) in [6, 6.07) is 9.20. The van der Waals surface area contributed by atoms with Crippen LogP contribution in [0.4, 0.5) is 5.69 Å². The Balaban J connectivity index is 0.00000144. The van der Waals surface area contributed by atoms with Crippen LogP contribution < -0.4 is 10.6 Å². The van der Waals surface area contributed by atoms with Crippen molar-refractivity contribution in [2.24, 2.45) is 5.73 Å². The number of anilines is 1. The smallest absolute Gasteiger partial charge is 0.0409 e. The van der Waals surface area contributed by atoms with Crippen molar-refractivity contribution >= 4 is 18.1 Å². The number of nitrogens with two attached hydrogens (primary N) is 1. The number of nitrogens with zero attached hydrogens (tertiary/aromatic N) is 2. The summed E-state index contributed by atoms with van der Waals surface area (Å²) in [5.74, 6) is 0. The van der Waals surface area contributed by atoms with Crippen LogP contribution in [-0.4, -0.2) is 37.6 Å². The molecule has 17 heavy (non-hydrogen) atoms. The van der Waals surface area contributed by atoms with Gasteiger partial charge in [0.25, 0.3) is 0 Å². The third kappa shape index (κ3) is 3.12. The van der Waals surface area contributed by atoms with Crippen LogP contribution in [0, 0.1) is 0 Å². The van der Waals surface area contributed by atoms with Gasteiger partial charge in [0.1, 0.15) is 0 Å². The Morgan fingerprint density at radius 2 is 2.06 bits per heavy atom. The van der Waals surface area contributed by atoms with E-state index in [0.717, 1.165) is 26.2 Å². The highest BCUT2D eigenvalue weighted by molar-refractivity contribution is 5.85. The summed E-state index contributed by atoms with van der Waals surface area (Å²) in [5.41, 5.74) is 8.43. The van der Waals surface area contributed by atoms with E-state index in [1.54, 1.807) is 0 Å². The first-order chi connectivity index (χ1) is 7.72. The second-order valence-electron chi connectivity index (χ2n) is 4.62. The highest BCUT2D eigenvalue weighted by Gasteiger charge is 2.21. The number of halogens is 1. The summed E-state index contributed by atoms with van der Waals surface area (Å²) in [7, 11) is 2.17. The number of para-hydroxylation sites is 1. The van der Waals surface area contributed by atoms with Crippen molar-refractivity contribution in [1.82, 2.24) is 4.90 Å². The summed E-state index contributed by atoms with van der Waals surface area (Å²) < 4.78 is 0. The van der Waals surface area contributed by atoms with Gasteiger partial charge in [-0.25, -0.2) is 0 Å². The van der Waals surface area contributed by atoms with Crippen molar-refractivity contribution in [2.45, 2.75) is 19.5 Å². The maximum Gasteiger partial charge on any atom is 0.0409 e. The van der Waals surface area contributed by atoms with Crippen molar-refractivity contribution in [1.29, 1.82) is 0 Å². The highest BCUT2D eigenvalue weighted by Crippen LogP contribution is 2.25. The molecule has 0 saturated heterocycles. The van der Waals surface area contributed by atoms with Gasteiger partial charge in [-0.3, -0.25) is 4.90 Å². The lowest BCUT2D eigenvalue weighted by atomic mass is 10.1. The zero-order valence-corrected chi connectivity index (χ0v) is 11.4. The molecule has 1 aliphatic rings. The van der Waals surface area contributed by atoms with Crippen molar-refractivity contribution in [2.75, 3.05) is 31.6 Å². The van der Waals surface area contributed by atoms with Crippen LogP contribution in [0.3, 0.4) is 0 Å². The van der Waals surface area contributed by atoms with E-state index in [4.69, 9.17) is 5.73 Å². The lowest BCUT2D eigenvalue weighted by molar-refractivity contribution is 0.215. The largest absolute Gasteiger partial charge is 0.373 e. The minimum Gasteiger partial charge on any atom is -0.373 e. The SMILES string of the molecule is CC1CN(C)c2ccccc2CN1CCN.Cl. The predicted molar refractivity (Wildman–Crippen MR) is 75.9 cm³/mol. The van der Waals surface area contributed by atoms with Crippen LogP contribution in [0.5, 0.6) is 0 Å². The maximum absolute atomic E-state index is 5.67. The topological polar surface area (TPSA) is 32.5 Å². The van der Waals surface area contributed by atoms with Crippen LogP contribution in [0.1, 0.15) is 12.5 Å². The normalized spacial score (nSPS) is 20.4. The van der Waals surface area contributed by atoms with Gasteiger partial charge in [-0.1, -0.05) is 18.2 Å². The van der Waals surface area contributed by atoms with Crippen molar-refractivity contribution in [3.8, 4) is 0 Å². The number of likely N-dealkylation sites (N-methyl/N-ethyl adjacent to an activating group) is 1. The summed E-state index contributed by atoms with van der Waals surface area (Å²) in [4.78, 5) is 4.80. The second-order valence-corrected chi connectivity index (χ2v) is 4.62. The molecule has 2 rings (SSSR count). The molecule has 1 aliphatic heterocycles. The predicted octanol–water partition coefficient (Wildman–Crippen LogP) is 1.71. The average Bonchev–Trinajstić information content (AvgIpc) is 2.39. The standard InChI is InChI=1S/C13H21N3.ClH/c1-11-9-15(2)13-6-4-3-5-12(13)10-16(11)8-7-14;/h3-6,11H,7-10,14H2,1-2H3;1H. The van der Waals surface area contributed by atoms with Crippen LogP contribution in [0.2, 0.25) is 0 Å². The molecular formula is C13H22ClN3. The lowest BCUT2D eigenvalue weighted by Crippen LogP contribution is -2.40. The van der Waals surface area contributed by atoms with Gasteiger partial charge in [0.2, 0.25) is 0 Å². The Morgan fingerprint density at radius 3 is 2.76 bits per heavy atom. The fourth-order valence-corrected chi connectivity index (χ4v) is 2.47. The lowest BCUT2D eigenvalue weighted by Gasteiger charge is -2.27. The number of benzene rings is 1. The van der Waals surface area contributed by atoms with E-state index in [-0.39, 0.29) is 12.4 Å². The molecule has 96 valence electrons.